The van der Waals surface area contributed by atoms with Crippen molar-refractivity contribution in [2.45, 2.75) is 12.8 Å². The van der Waals surface area contributed by atoms with E-state index in [1.54, 1.807) is 0 Å². The van der Waals surface area contributed by atoms with Crippen LogP contribution < -0.4 is 22.9 Å². The van der Waals surface area contributed by atoms with Crippen LogP contribution in [0, 0.1) is 0 Å². The van der Waals surface area contributed by atoms with E-state index in [1.165, 1.54) is 0 Å². The van der Waals surface area contributed by atoms with Gasteiger partial charge in [0.25, 0.3) is 0 Å². The van der Waals surface area contributed by atoms with Gasteiger partial charge in [0, 0.05) is 35.3 Å². The lowest BCUT2D eigenvalue weighted by molar-refractivity contribution is 0.597. The van der Waals surface area contributed by atoms with Crippen LogP contribution in [0.3, 0.4) is 0 Å². The van der Waals surface area contributed by atoms with Crippen LogP contribution in [0.4, 0.5) is 0 Å². The molecule has 1 aromatic heterocycles. The highest BCUT2D eigenvalue weighted by molar-refractivity contribution is 5.98. The summed E-state index contributed by atoms with van der Waals surface area (Å²) < 4.78 is 6.06. The van der Waals surface area contributed by atoms with Crippen molar-refractivity contribution in [2.75, 3.05) is 26.2 Å². The summed E-state index contributed by atoms with van der Waals surface area (Å²) >= 11 is 0. The fourth-order valence-electron chi connectivity index (χ4n) is 3.02. The van der Waals surface area contributed by atoms with Crippen LogP contribution in [0.2, 0.25) is 0 Å². The molecule has 2 aromatic carbocycles. The first-order chi connectivity index (χ1) is 15.1. The highest BCUT2D eigenvalue weighted by Gasteiger charge is 2.08. The van der Waals surface area contributed by atoms with Gasteiger partial charge in [-0.2, -0.15) is 0 Å². The van der Waals surface area contributed by atoms with Gasteiger partial charge in [0.05, 0.1) is 0 Å². The van der Waals surface area contributed by atoms with Gasteiger partial charge in [-0.3, -0.25) is 9.98 Å². The average molecular weight is 419 g/mol. The summed E-state index contributed by atoms with van der Waals surface area (Å²) in [6.45, 7) is 2.48. The number of hydrogen-bond acceptors (Lipinski definition) is 5. The molecule has 7 heteroatoms. The van der Waals surface area contributed by atoms with Crippen molar-refractivity contribution in [1.29, 1.82) is 0 Å². The lowest BCUT2D eigenvalue weighted by Crippen LogP contribution is -2.14. The maximum absolute atomic E-state index is 6.06. The van der Waals surface area contributed by atoms with Crippen molar-refractivity contribution in [1.82, 2.24) is 0 Å². The van der Waals surface area contributed by atoms with E-state index in [2.05, 4.69) is 9.98 Å². The Bertz CT molecular complexity index is 937. The number of aliphatic imine (C=N–C) groups is 2. The van der Waals surface area contributed by atoms with Gasteiger partial charge in [-0.25, -0.2) is 0 Å². The Kier molecular flexibility index (Phi) is 7.98. The molecule has 0 aliphatic heterocycles. The third kappa shape index (κ3) is 6.04. The van der Waals surface area contributed by atoms with Crippen molar-refractivity contribution in [3.63, 3.8) is 0 Å². The Balaban J connectivity index is 1.70. The van der Waals surface area contributed by atoms with Crippen molar-refractivity contribution >= 4 is 11.7 Å². The normalized spacial score (nSPS) is 12.3. The zero-order valence-electron chi connectivity index (χ0n) is 17.6. The van der Waals surface area contributed by atoms with Gasteiger partial charge in [0.1, 0.15) is 23.2 Å². The molecule has 162 valence electrons. The SMILES string of the molecule is NCCCN=C(N)c1ccc(-c2ccc(-c3ccc(C(N)=NCCCN)cc3)o2)cc1. The number of rotatable bonds is 10. The Morgan fingerprint density at radius 3 is 1.35 bits per heavy atom. The second kappa shape index (κ2) is 11.1. The highest BCUT2D eigenvalue weighted by atomic mass is 16.3. The maximum atomic E-state index is 6.06. The largest absolute Gasteiger partial charge is 0.456 e. The predicted octanol–water partition coefficient (Wildman–Crippen LogP) is 2.72. The molecule has 0 saturated heterocycles. The number of furan rings is 1. The fraction of sp³-hybridized carbons (Fsp3) is 0.250. The zero-order valence-corrected chi connectivity index (χ0v) is 17.6. The van der Waals surface area contributed by atoms with Gasteiger partial charge in [0.15, 0.2) is 0 Å². The molecule has 0 atom stereocenters. The summed E-state index contributed by atoms with van der Waals surface area (Å²) in [6, 6.07) is 19.6. The molecule has 31 heavy (non-hydrogen) atoms. The Hall–Kier alpha value is -3.42. The summed E-state index contributed by atoms with van der Waals surface area (Å²) in [5.74, 6) is 2.61. The van der Waals surface area contributed by atoms with Crippen molar-refractivity contribution < 1.29 is 4.42 Å². The summed E-state index contributed by atoms with van der Waals surface area (Å²) in [5.41, 5.74) is 26.8. The Morgan fingerprint density at radius 1 is 0.613 bits per heavy atom. The van der Waals surface area contributed by atoms with Crippen LogP contribution in [0.15, 0.2) is 75.1 Å². The van der Waals surface area contributed by atoms with E-state index in [-0.39, 0.29) is 0 Å². The third-order valence-electron chi connectivity index (χ3n) is 4.83. The van der Waals surface area contributed by atoms with Crippen LogP contribution >= 0.6 is 0 Å². The van der Waals surface area contributed by atoms with E-state index >= 15 is 0 Å². The summed E-state index contributed by atoms with van der Waals surface area (Å²) in [5, 5.41) is 0. The minimum Gasteiger partial charge on any atom is -0.456 e. The molecule has 0 unspecified atom stereocenters. The first-order valence-electron chi connectivity index (χ1n) is 10.4. The van der Waals surface area contributed by atoms with Crippen LogP contribution in [0.25, 0.3) is 22.6 Å². The third-order valence-corrected chi connectivity index (χ3v) is 4.83. The van der Waals surface area contributed by atoms with Crippen molar-refractivity contribution in [3.8, 4) is 22.6 Å². The number of nitrogens with two attached hydrogens (primary N) is 4. The van der Waals surface area contributed by atoms with Crippen LogP contribution in [0.5, 0.6) is 0 Å². The highest BCUT2D eigenvalue weighted by Crippen LogP contribution is 2.29. The summed E-state index contributed by atoms with van der Waals surface area (Å²) in [7, 11) is 0. The van der Waals surface area contributed by atoms with Crippen molar-refractivity contribution in [2.24, 2.45) is 32.9 Å². The van der Waals surface area contributed by atoms with E-state index in [4.69, 9.17) is 27.4 Å². The van der Waals surface area contributed by atoms with E-state index in [1.807, 2.05) is 60.7 Å². The number of nitrogens with zero attached hydrogens (tertiary/aromatic N) is 2. The van der Waals surface area contributed by atoms with Crippen LogP contribution in [0.1, 0.15) is 24.0 Å². The Morgan fingerprint density at radius 2 is 1.00 bits per heavy atom. The molecular weight excluding hydrogens is 388 g/mol. The monoisotopic (exact) mass is 418 g/mol. The smallest absolute Gasteiger partial charge is 0.134 e. The molecule has 0 radical (unpaired) electrons. The zero-order chi connectivity index (χ0) is 22.1. The Labute approximate surface area is 182 Å². The predicted molar refractivity (Wildman–Crippen MR) is 128 cm³/mol. The lowest BCUT2D eigenvalue weighted by atomic mass is 10.1. The van der Waals surface area contributed by atoms with Gasteiger partial charge < -0.3 is 27.4 Å². The first-order valence-corrected chi connectivity index (χ1v) is 10.4. The molecule has 0 bridgehead atoms. The van der Waals surface area contributed by atoms with Gasteiger partial charge in [-0.15, -0.1) is 0 Å². The molecule has 0 fully saturated rings. The molecule has 0 aliphatic carbocycles. The quantitative estimate of drug-likeness (QED) is 0.227. The minimum atomic E-state index is 0.520. The average Bonchev–Trinajstić information content (AvgIpc) is 3.30. The van der Waals surface area contributed by atoms with Crippen LogP contribution in [-0.2, 0) is 0 Å². The molecule has 0 spiro atoms. The molecule has 7 nitrogen and oxygen atoms in total. The van der Waals surface area contributed by atoms with Gasteiger partial charge in [0.2, 0.25) is 0 Å². The molecule has 0 amide bonds. The molecule has 0 aliphatic rings. The lowest BCUT2D eigenvalue weighted by Gasteiger charge is -2.04. The summed E-state index contributed by atoms with van der Waals surface area (Å²) in [4.78, 5) is 8.68. The number of hydrogen-bond donors (Lipinski definition) is 4. The molecule has 0 saturated carbocycles. The van der Waals surface area contributed by atoms with Gasteiger partial charge >= 0.3 is 0 Å². The first kappa shape index (κ1) is 22.3. The van der Waals surface area contributed by atoms with Gasteiger partial charge in [-0.1, -0.05) is 48.5 Å². The molecule has 8 N–H and O–H groups in total. The van der Waals surface area contributed by atoms with E-state index in [0.717, 1.165) is 46.6 Å². The number of benzene rings is 2. The van der Waals surface area contributed by atoms with Crippen LogP contribution in [-0.4, -0.2) is 37.9 Å². The fourth-order valence-corrected chi connectivity index (χ4v) is 3.02. The van der Waals surface area contributed by atoms with Crippen molar-refractivity contribution in [3.05, 3.63) is 71.8 Å². The standard InChI is InChI=1S/C24H30N6O/c25-13-1-15-29-23(27)19-7-3-17(4-8-19)21-11-12-22(31-21)18-5-9-20(10-6-18)24(28)30-16-2-14-26/h3-12H,1-2,13-16,25-26H2,(H2,27,29)(H2,28,30). The van der Waals surface area contributed by atoms with E-state index in [9.17, 15) is 0 Å². The minimum absolute atomic E-state index is 0.520. The van der Waals surface area contributed by atoms with E-state index in [0.29, 0.717) is 37.9 Å². The molecule has 3 aromatic rings. The topological polar surface area (TPSA) is 142 Å². The van der Waals surface area contributed by atoms with Gasteiger partial charge in [-0.05, 0) is 38.1 Å². The summed E-state index contributed by atoms with van der Waals surface area (Å²) in [6.07, 6.45) is 1.64. The molecule has 3 rings (SSSR count). The maximum Gasteiger partial charge on any atom is 0.134 e. The molecular formula is C24H30N6O. The second-order valence-corrected chi connectivity index (χ2v) is 7.14. The second-order valence-electron chi connectivity index (χ2n) is 7.14. The number of amidine groups is 2. The van der Waals surface area contributed by atoms with E-state index < -0.39 is 0 Å². The molecule has 1 heterocycles.